The Morgan fingerprint density at radius 3 is 2.37 bits per heavy atom. The summed E-state index contributed by atoms with van der Waals surface area (Å²) in [7, 11) is 1.64. The number of carbonyl (C=O) groups is 1. The monoisotopic (exact) mass is 250 g/mol. The normalized spacial score (nSPS) is 17.4. The predicted molar refractivity (Wildman–Crippen MR) is 74.7 cm³/mol. The summed E-state index contributed by atoms with van der Waals surface area (Å²) in [5.74, 6) is 0.726. The van der Waals surface area contributed by atoms with E-state index >= 15 is 0 Å². The quantitative estimate of drug-likeness (QED) is 0.761. The minimum atomic E-state index is -0.0974. The van der Waals surface area contributed by atoms with Crippen LogP contribution in [-0.4, -0.2) is 12.9 Å². The summed E-state index contributed by atoms with van der Waals surface area (Å²) in [5.41, 5.74) is 3.38. The van der Waals surface area contributed by atoms with Crippen LogP contribution in [0.15, 0.2) is 60.7 Å². The first kappa shape index (κ1) is 11.7. The van der Waals surface area contributed by atoms with Gasteiger partial charge >= 0.3 is 0 Å². The van der Waals surface area contributed by atoms with Crippen molar-refractivity contribution in [2.45, 2.75) is 5.92 Å². The van der Waals surface area contributed by atoms with Crippen LogP contribution in [0.1, 0.15) is 27.4 Å². The van der Waals surface area contributed by atoms with E-state index in [1.54, 1.807) is 7.11 Å². The average molecular weight is 250 g/mol. The Hall–Kier alpha value is -2.35. The van der Waals surface area contributed by atoms with E-state index in [0.717, 1.165) is 22.4 Å². The highest BCUT2D eigenvalue weighted by Gasteiger charge is 2.35. The molecule has 0 aromatic heterocycles. The van der Waals surface area contributed by atoms with Gasteiger partial charge in [0.1, 0.15) is 5.75 Å². The van der Waals surface area contributed by atoms with Crippen molar-refractivity contribution >= 4 is 5.78 Å². The van der Waals surface area contributed by atoms with E-state index in [0.29, 0.717) is 5.57 Å². The molecule has 1 atom stereocenters. The molecule has 0 saturated carbocycles. The third-order valence-electron chi connectivity index (χ3n) is 3.61. The molecule has 0 spiro atoms. The highest BCUT2D eigenvalue weighted by Crippen LogP contribution is 2.43. The van der Waals surface area contributed by atoms with Gasteiger partial charge in [-0.25, -0.2) is 0 Å². The fourth-order valence-electron chi connectivity index (χ4n) is 2.71. The molecule has 0 N–H and O–H groups in total. The lowest BCUT2D eigenvalue weighted by Crippen LogP contribution is -2.03. The summed E-state index contributed by atoms with van der Waals surface area (Å²) in [6.07, 6.45) is 0. The summed E-state index contributed by atoms with van der Waals surface area (Å²) in [6.45, 7) is 3.98. The molecule has 2 heteroatoms. The molecule has 0 aliphatic heterocycles. The molecular formula is C17H14O2. The summed E-state index contributed by atoms with van der Waals surface area (Å²) in [5, 5.41) is 0. The molecule has 0 bridgehead atoms. The van der Waals surface area contributed by atoms with E-state index in [1.807, 2.05) is 48.5 Å². The van der Waals surface area contributed by atoms with Crippen molar-refractivity contribution < 1.29 is 9.53 Å². The highest BCUT2D eigenvalue weighted by molar-refractivity contribution is 6.14. The topological polar surface area (TPSA) is 26.3 Å². The first-order valence-corrected chi connectivity index (χ1v) is 6.19. The number of hydrogen-bond acceptors (Lipinski definition) is 2. The number of hydrogen-bond donors (Lipinski definition) is 0. The Morgan fingerprint density at radius 2 is 1.63 bits per heavy atom. The largest absolute Gasteiger partial charge is 0.496 e. The number of Topliss-reactive ketones (excluding diaryl/α,β-unsaturated/α-hetero) is 1. The molecule has 2 nitrogen and oxygen atoms in total. The molecule has 1 aliphatic rings. The van der Waals surface area contributed by atoms with Crippen molar-refractivity contribution in [1.82, 2.24) is 0 Å². The minimum absolute atomic E-state index is 0.0338. The van der Waals surface area contributed by atoms with Gasteiger partial charge in [0.15, 0.2) is 5.78 Å². The van der Waals surface area contributed by atoms with Crippen LogP contribution in [0.5, 0.6) is 5.75 Å². The van der Waals surface area contributed by atoms with Gasteiger partial charge in [0, 0.05) is 22.6 Å². The molecule has 0 heterocycles. The lowest BCUT2D eigenvalue weighted by Gasteiger charge is -2.16. The van der Waals surface area contributed by atoms with Crippen molar-refractivity contribution in [2.75, 3.05) is 7.11 Å². The van der Waals surface area contributed by atoms with Crippen molar-refractivity contribution in [3.8, 4) is 5.75 Å². The van der Waals surface area contributed by atoms with Gasteiger partial charge in [-0.15, -0.1) is 0 Å². The molecule has 19 heavy (non-hydrogen) atoms. The molecule has 0 fully saturated rings. The van der Waals surface area contributed by atoms with Gasteiger partial charge in [0.25, 0.3) is 0 Å². The average Bonchev–Trinajstić information content (AvgIpc) is 2.71. The summed E-state index contributed by atoms with van der Waals surface area (Å²) >= 11 is 0. The van der Waals surface area contributed by atoms with Crippen LogP contribution in [0, 0.1) is 0 Å². The van der Waals surface area contributed by atoms with E-state index in [1.165, 1.54) is 0 Å². The van der Waals surface area contributed by atoms with Crippen molar-refractivity contribution in [3.63, 3.8) is 0 Å². The summed E-state index contributed by atoms with van der Waals surface area (Å²) < 4.78 is 5.40. The van der Waals surface area contributed by atoms with Crippen LogP contribution in [0.4, 0.5) is 0 Å². The van der Waals surface area contributed by atoms with Gasteiger partial charge in [-0.2, -0.15) is 0 Å². The van der Waals surface area contributed by atoms with E-state index in [2.05, 4.69) is 6.58 Å². The summed E-state index contributed by atoms with van der Waals surface area (Å²) in [4.78, 5) is 12.2. The Balaban J connectivity index is 2.21. The second kappa shape index (κ2) is 4.39. The van der Waals surface area contributed by atoms with E-state index < -0.39 is 0 Å². The zero-order chi connectivity index (χ0) is 13.4. The number of allylic oxidation sites excluding steroid dienone is 1. The summed E-state index contributed by atoms with van der Waals surface area (Å²) in [6, 6.07) is 15.5. The molecule has 1 unspecified atom stereocenters. The van der Waals surface area contributed by atoms with Gasteiger partial charge in [-0.3, -0.25) is 4.79 Å². The van der Waals surface area contributed by atoms with E-state index in [9.17, 15) is 4.79 Å². The molecule has 0 amide bonds. The predicted octanol–water partition coefficient (Wildman–Crippen LogP) is 3.58. The number of fused-ring (bicyclic) bond motifs is 1. The van der Waals surface area contributed by atoms with Crippen molar-refractivity contribution in [2.24, 2.45) is 0 Å². The van der Waals surface area contributed by atoms with Crippen LogP contribution in [0.3, 0.4) is 0 Å². The number of ether oxygens (including phenoxy) is 1. The Labute approximate surface area is 112 Å². The standard InChI is InChI=1S/C17H14O2/c1-11-16(14-9-5-6-10-15(14)19-2)12-7-3-4-8-13(12)17(11)18/h3-10,16H,1H2,2H3. The number of carbonyl (C=O) groups excluding carboxylic acids is 1. The fourth-order valence-corrected chi connectivity index (χ4v) is 2.71. The molecule has 0 saturated heterocycles. The van der Waals surface area contributed by atoms with Crippen molar-refractivity contribution in [3.05, 3.63) is 77.4 Å². The maximum Gasteiger partial charge on any atom is 0.189 e. The van der Waals surface area contributed by atoms with Gasteiger partial charge in [0.05, 0.1) is 7.11 Å². The Bertz CT molecular complexity index is 670. The molecule has 1 aliphatic carbocycles. The molecular weight excluding hydrogens is 236 g/mol. The number of methoxy groups -OCH3 is 1. The van der Waals surface area contributed by atoms with Crippen molar-refractivity contribution in [1.29, 1.82) is 0 Å². The molecule has 0 radical (unpaired) electrons. The van der Waals surface area contributed by atoms with Crippen LogP contribution >= 0.6 is 0 Å². The van der Waals surface area contributed by atoms with Gasteiger partial charge in [0.2, 0.25) is 0 Å². The van der Waals surface area contributed by atoms with E-state index in [-0.39, 0.29) is 11.7 Å². The number of benzene rings is 2. The smallest absolute Gasteiger partial charge is 0.189 e. The fraction of sp³-hybridized carbons (Fsp3) is 0.118. The van der Waals surface area contributed by atoms with Crippen LogP contribution < -0.4 is 4.74 Å². The number of rotatable bonds is 2. The number of para-hydroxylation sites is 1. The second-order valence-electron chi connectivity index (χ2n) is 4.62. The SMILES string of the molecule is C=C1C(=O)c2ccccc2C1c1ccccc1OC. The Morgan fingerprint density at radius 1 is 1.00 bits per heavy atom. The maximum absolute atomic E-state index is 12.2. The molecule has 94 valence electrons. The lowest BCUT2D eigenvalue weighted by molar-refractivity contribution is 0.103. The Kier molecular flexibility index (Phi) is 2.71. The van der Waals surface area contributed by atoms with Gasteiger partial charge in [-0.1, -0.05) is 49.0 Å². The maximum atomic E-state index is 12.2. The zero-order valence-electron chi connectivity index (χ0n) is 10.7. The third-order valence-corrected chi connectivity index (χ3v) is 3.61. The highest BCUT2D eigenvalue weighted by atomic mass is 16.5. The first-order chi connectivity index (χ1) is 9.24. The van der Waals surface area contributed by atoms with Crippen LogP contribution in [0.2, 0.25) is 0 Å². The molecule has 2 aromatic carbocycles. The van der Waals surface area contributed by atoms with Gasteiger partial charge in [-0.05, 0) is 11.6 Å². The van der Waals surface area contributed by atoms with E-state index in [4.69, 9.17) is 4.74 Å². The lowest BCUT2D eigenvalue weighted by atomic mass is 9.90. The third kappa shape index (κ3) is 1.68. The molecule has 2 aromatic rings. The second-order valence-corrected chi connectivity index (χ2v) is 4.62. The molecule has 3 rings (SSSR count). The van der Waals surface area contributed by atoms with Crippen LogP contribution in [-0.2, 0) is 0 Å². The zero-order valence-corrected chi connectivity index (χ0v) is 10.7. The number of ketones is 1. The first-order valence-electron chi connectivity index (χ1n) is 6.19. The minimum Gasteiger partial charge on any atom is -0.496 e. The van der Waals surface area contributed by atoms with Crippen LogP contribution in [0.25, 0.3) is 0 Å². The van der Waals surface area contributed by atoms with Gasteiger partial charge < -0.3 is 4.74 Å².